The van der Waals surface area contributed by atoms with Crippen LogP contribution in [0.3, 0.4) is 0 Å². The van der Waals surface area contributed by atoms with Crippen molar-refractivity contribution in [2.24, 2.45) is 11.8 Å². The summed E-state index contributed by atoms with van der Waals surface area (Å²) in [4.78, 5) is 38.8. The van der Waals surface area contributed by atoms with Crippen molar-refractivity contribution in [1.82, 2.24) is 10.6 Å². The van der Waals surface area contributed by atoms with Gasteiger partial charge in [-0.1, -0.05) is 72.8 Å². The molecular formula is C30H38N2O5. The number of allylic oxidation sites excluding steroid dienone is 2. The van der Waals surface area contributed by atoms with E-state index in [2.05, 4.69) is 23.8 Å². The van der Waals surface area contributed by atoms with Gasteiger partial charge in [0, 0.05) is 6.04 Å². The summed E-state index contributed by atoms with van der Waals surface area (Å²) in [6.07, 6.45) is 4.74. The lowest BCUT2D eigenvalue weighted by molar-refractivity contribution is -0.150. The molecule has 2 aromatic carbocycles. The number of hydrogen-bond donors (Lipinski definition) is 3. The van der Waals surface area contributed by atoms with Crippen LogP contribution >= 0.6 is 0 Å². The molecule has 1 unspecified atom stereocenters. The van der Waals surface area contributed by atoms with Crippen LogP contribution in [0, 0.1) is 11.8 Å². The third kappa shape index (κ3) is 10.4. The second-order valence-corrected chi connectivity index (χ2v) is 9.11. The molecular weight excluding hydrogens is 468 g/mol. The molecule has 2 aromatic rings. The monoisotopic (exact) mass is 506 g/mol. The molecule has 37 heavy (non-hydrogen) atoms. The van der Waals surface area contributed by atoms with Gasteiger partial charge in [-0.3, -0.25) is 14.4 Å². The number of carbonyl (C=O) groups is 3. The molecule has 0 aliphatic carbocycles. The standard InChI is InChI=1S/C30H38N2O5/c1-4-12-25(18-23-14-8-6-9-15-23)30(36)37-21-26(19-24-16-10-7-11-17-24)32-29(35)27(13-5-2)28(34)31-22(3)20-33/h4-11,14-17,22,25-27,33H,1-2,12-13,18-21H2,3H3,(H,31,34)(H,32,35)/t22-,25+,26+,27?/m1/s1. The van der Waals surface area contributed by atoms with Crippen LogP contribution in [0.2, 0.25) is 0 Å². The van der Waals surface area contributed by atoms with Crippen molar-refractivity contribution in [3.05, 3.63) is 97.1 Å². The highest BCUT2D eigenvalue weighted by Crippen LogP contribution is 2.16. The molecule has 0 bridgehead atoms. The predicted molar refractivity (Wildman–Crippen MR) is 144 cm³/mol. The van der Waals surface area contributed by atoms with Crippen LogP contribution in [0.25, 0.3) is 0 Å². The van der Waals surface area contributed by atoms with Gasteiger partial charge in [-0.05, 0) is 43.7 Å². The quantitative estimate of drug-likeness (QED) is 0.184. The van der Waals surface area contributed by atoms with Gasteiger partial charge >= 0.3 is 5.97 Å². The molecule has 0 heterocycles. The average molecular weight is 507 g/mol. The highest BCUT2D eigenvalue weighted by atomic mass is 16.5. The minimum absolute atomic E-state index is 0.0443. The van der Waals surface area contributed by atoms with Crippen LogP contribution in [-0.4, -0.2) is 48.2 Å². The Morgan fingerprint density at radius 3 is 1.95 bits per heavy atom. The van der Waals surface area contributed by atoms with Crippen molar-refractivity contribution < 1.29 is 24.2 Å². The summed E-state index contributed by atoms with van der Waals surface area (Å²) >= 11 is 0. The zero-order valence-corrected chi connectivity index (χ0v) is 21.5. The lowest BCUT2D eigenvalue weighted by Crippen LogP contribution is -2.49. The SMILES string of the molecule is C=CCC(C(=O)N[C@H](COC(=O)[C@@H](CC=C)Cc1ccccc1)Cc1ccccc1)C(=O)N[C@H](C)CO. The summed E-state index contributed by atoms with van der Waals surface area (Å²) in [5, 5.41) is 14.8. The summed E-state index contributed by atoms with van der Waals surface area (Å²) in [6, 6.07) is 18.2. The van der Waals surface area contributed by atoms with Crippen LogP contribution in [-0.2, 0) is 32.0 Å². The second-order valence-electron chi connectivity index (χ2n) is 9.11. The van der Waals surface area contributed by atoms with E-state index < -0.39 is 35.7 Å². The smallest absolute Gasteiger partial charge is 0.309 e. The molecule has 2 amide bonds. The number of esters is 1. The Morgan fingerprint density at radius 1 is 0.865 bits per heavy atom. The third-order valence-electron chi connectivity index (χ3n) is 5.91. The molecule has 0 aromatic heterocycles. The number of rotatable bonds is 16. The fourth-order valence-corrected chi connectivity index (χ4v) is 3.90. The molecule has 3 N–H and O–H groups in total. The Hall–Kier alpha value is -3.71. The van der Waals surface area contributed by atoms with Gasteiger partial charge in [0.2, 0.25) is 11.8 Å². The van der Waals surface area contributed by atoms with Gasteiger partial charge in [0.1, 0.15) is 12.5 Å². The first-order valence-corrected chi connectivity index (χ1v) is 12.6. The van der Waals surface area contributed by atoms with Gasteiger partial charge < -0.3 is 20.5 Å². The molecule has 198 valence electrons. The Balaban J connectivity index is 2.13. The van der Waals surface area contributed by atoms with Crippen LogP contribution in [0.1, 0.15) is 30.9 Å². The van der Waals surface area contributed by atoms with E-state index in [0.29, 0.717) is 19.3 Å². The van der Waals surface area contributed by atoms with Crippen LogP contribution in [0.4, 0.5) is 0 Å². The first kappa shape index (κ1) is 29.5. The average Bonchev–Trinajstić information content (AvgIpc) is 2.90. The topological polar surface area (TPSA) is 105 Å². The number of amides is 2. The van der Waals surface area contributed by atoms with E-state index in [9.17, 15) is 19.5 Å². The summed E-state index contributed by atoms with van der Waals surface area (Å²) in [5.74, 6) is -2.78. The number of carbonyl (C=O) groups excluding carboxylic acids is 3. The van der Waals surface area contributed by atoms with Gasteiger partial charge in [-0.25, -0.2) is 0 Å². The fourth-order valence-electron chi connectivity index (χ4n) is 3.90. The zero-order chi connectivity index (χ0) is 27.0. The van der Waals surface area contributed by atoms with E-state index in [1.165, 1.54) is 6.08 Å². The van der Waals surface area contributed by atoms with E-state index in [0.717, 1.165) is 11.1 Å². The van der Waals surface area contributed by atoms with Gasteiger partial charge in [-0.2, -0.15) is 0 Å². The van der Waals surface area contributed by atoms with Crippen molar-refractivity contribution in [1.29, 1.82) is 0 Å². The molecule has 0 spiro atoms. The summed E-state index contributed by atoms with van der Waals surface area (Å²) in [7, 11) is 0. The molecule has 7 nitrogen and oxygen atoms in total. The molecule has 0 aliphatic heterocycles. The van der Waals surface area contributed by atoms with Crippen molar-refractivity contribution >= 4 is 17.8 Å². The Morgan fingerprint density at radius 2 is 1.41 bits per heavy atom. The van der Waals surface area contributed by atoms with E-state index in [-0.39, 0.29) is 25.6 Å². The molecule has 0 saturated heterocycles. The van der Waals surface area contributed by atoms with Crippen molar-refractivity contribution in [2.75, 3.05) is 13.2 Å². The summed E-state index contributed by atoms with van der Waals surface area (Å²) in [5.41, 5.74) is 1.98. The highest BCUT2D eigenvalue weighted by Gasteiger charge is 2.29. The Kier molecular flexibility index (Phi) is 12.9. The van der Waals surface area contributed by atoms with Gasteiger partial charge in [0.25, 0.3) is 0 Å². The van der Waals surface area contributed by atoms with Gasteiger partial charge in [-0.15, -0.1) is 13.2 Å². The molecule has 2 rings (SSSR count). The molecule has 7 heteroatoms. The number of benzene rings is 2. The highest BCUT2D eigenvalue weighted by molar-refractivity contribution is 6.00. The van der Waals surface area contributed by atoms with E-state index in [1.54, 1.807) is 13.0 Å². The Bertz CT molecular complexity index is 1010. The van der Waals surface area contributed by atoms with Crippen LogP contribution in [0.5, 0.6) is 0 Å². The number of hydrogen-bond acceptors (Lipinski definition) is 5. The minimum Gasteiger partial charge on any atom is -0.463 e. The number of aliphatic hydroxyl groups is 1. The molecule has 0 radical (unpaired) electrons. The summed E-state index contributed by atoms with van der Waals surface area (Å²) < 4.78 is 5.69. The lowest BCUT2D eigenvalue weighted by atomic mass is 9.96. The van der Waals surface area contributed by atoms with E-state index >= 15 is 0 Å². The van der Waals surface area contributed by atoms with E-state index in [1.807, 2.05) is 60.7 Å². The second kappa shape index (κ2) is 16.1. The zero-order valence-electron chi connectivity index (χ0n) is 21.5. The normalized spacial score (nSPS) is 13.9. The van der Waals surface area contributed by atoms with Crippen molar-refractivity contribution in [3.8, 4) is 0 Å². The minimum atomic E-state index is -1.02. The first-order valence-electron chi connectivity index (χ1n) is 12.6. The lowest BCUT2D eigenvalue weighted by Gasteiger charge is -2.24. The van der Waals surface area contributed by atoms with Gasteiger partial charge in [0.05, 0.1) is 18.6 Å². The maximum absolute atomic E-state index is 13.1. The number of nitrogens with one attached hydrogen (secondary N) is 2. The third-order valence-corrected chi connectivity index (χ3v) is 5.91. The van der Waals surface area contributed by atoms with Crippen LogP contribution in [0.15, 0.2) is 86.0 Å². The maximum atomic E-state index is 13.1. The largest absolute Gasteiger partial charge is 0.463 e. The van der Waals surface area contributed by atoms with Crippen LogP contribution < -0.4 is 10.6 Å². The summed E-state index contributed by atoms with van der Waals surface area (Å²) in [6.45, 7) is 8.79. The Labute approximate surface area is 219 Å². The molecule has 0 fully saturated rings. The molecule has 0 aliphatic rings. The van der Waals surface area contributed by atoms with Crippen molar-refractivity contribution in [2.45, 2.75) is 44.7 Å². The molecule has 4 atom stereocenters. The number of ether oxygens (including phenoxy) is 1. The predicted octanol–water partition coefficient (Wildman–Crippen LogP) is 3.38. The molecule has 0 saturated carbocycles. The first-order chi connectivity index (χ1) is 17.9. The number of aliphatic hydroxyl groups excluding tert-OH is 1. The fraction of sp³-hybridized carbons (Fsp3) is 0.367. The van der Waals surface area contributed by atoms with Crippen molar-refractivity contribution in [3.63, 3.8) is 0 Å². The van der Waals surface area contributed by atoms with E-state index in [4.69, 9.17) is 4.74 Å². The van der Waals surface area contributed by atoms with Gasteiger partial charge in [0.15, 0.2) is 0 Å². The maximum Gasteiger partial charge on any atom is 0.309 e.